The van der Waals surface area contributed by atoms with Crippen LogP contribution in [0.5, 0.6) is 0 Å². The Morgan fingerprint density at radius 3 is 2.08 bits per heavy atom. The molecule has 2 aromatic carbocycles. The van der Waals surface area contributed by atoms with E-state index in [0.717, 1.165) is 68.1 Å². The predicted molar refractivity (Wildman–Crippen MR) is 145 cm³/mol. The van der Waals surface area contributed by atoms with E-state index in [-0.39, 0.29) is 23.9 Å². The van der Waals surface area contributed by atoms with Crippen molar-refractivity contribution in [2.24, 2.45) is 5.92 Å². The molecule has 2 aromatic rings. The van der Waals surface area contributed by atoms with Gasteiger partial charge in [0.1, 0.15) is 11.9 Å². The third-order valence-corrected chi connectivity index (χ3v) is 8.05. The van der Waals surface area contributed by atoms with Crippen LogP contribution in [0.4, 0.5) is 28.0 Å². The van der Waals surface area contributed by atoms with Crippen LogP contribution in [-0.4, -0.2) is 36.7 Å². The van der Waals surface area contributed by atoms with Crippen LogP contribution in [0, 0.1) is 29.2 Å². The van der Waals surface area contributed by atoms with E-state index >= 15 is 0 Å². The molecule has 0 N–H and O–H groups in total. The molecule has 1 unspecified atom stereocenters. The average molecular weight is 549 g/mol. The second kappa shape index (κ2) is 14.7. The molecule has 39 heavy (non-hydrogen) atoms. The lowest BCUT2D eigenvalue weighted by molar-refractivity contribution is 0.0556. The number of nitrogens with zero attached hydrogens (tertiary/aromatic N) is 2. The minimum absolute atomic E-state index is 0.0349. The molecule has 3 saturated heterocycles. The van der Waals surface area contributed by atoms with Gasteiger partial charge in [0.05, 0.1) is 12.2 Å². The van der Waals surface area contributed by atoms with Crippen LogP contribution >= 0.6 is 0 Å². The van der Waals surface area contributed by atoms with Gasteiger partial charge in [0.25, 0.3) is 0 Å². The van der Waals surface area contributed by atoms with Gasteiger partial charge in [-0.25, -0.2) is 22.4 Å². The Labute approximate surface area is 229 Å². The Morgan fingerprint density at radius 1 is 0.821 bits per heavy atom. The Kier molecular flexibility index (Phi) is 11.1. The molecule has 1 atom stereocenters. The van der Waals surface area contributed by atoms with E-state index in [0.29, 0.717) is 13.0 Å². The van der Waals surface area contributed by atoms with Crippen LogP contribution in [0.3, 0.4) is 0 Å². The summed E-state index contributed by atoms with van der Waals surface area (Å²) in [5.41, 5.74) is 0.229. The van der Waals surface area contributed by atoms with Gasteiger partial charge in [0, 0.05) is 6.54 Å². The average Bonchev–Trinajstić information content (AvgIpc) is 2.91. The van der Waals surface area contributed by atoms with E-state index in [9.17, 15) is 22.4 Å². The van der Waals surface area contributed by atoms with Gasteiger partial charge in [-0.3, -0.25) is 9.80 Å². The number of carbonyl (C=O) groups is 1. The first kappa shape index (κ1) is 29.4. The number of hydrogen-bond donors (Lipinski definition) is 0. The number of rotatable bonds is 4. The molecule has 3 heterocycles. The fourth-order valence-corrected chi connectivity index (χ4v) is 5.79. The first-order valence-corrected chi connectivity index (χ1v) is 14.5. The molecule has 0 radical (unpaired) electrons. The molecule has 3 aliphatic heterocycles. The zero-order chi connectivity index (χ0) is 27.6. The zero-order valence-corrected chi connectivity index (χ0v) is 22.7. The standard InChI is InChI=1S/C31H40F4N2O2/c32-25-11-9-12-26(20-25)37(21-24-18-28(33)30(35)29(34)19-24)31(38)39-27-13-8-6-4-2-1-3-5-7-10-23-14-16-36(22-27)17-15-23/h9,11-12,18-20,23,27H,1-8,10,13-17,21-22H2. The molecular formula is C31H40F4N2O2. The minimum atomic E-state index is -1.58. The van der Waals surface area contributed by atoms with E-state index in [1.165, 1.54) is 62.8 Å². The third-order valence-electron chi connectivity index (χ3n) is 8.05. The Hall–Kier alpha value is -2.61. The lowest BCUT2D eigenvalue weighted by Crippen LogP contribution is -2.42. The molecule has 1 amide bonds. The van der Waals surface area contributed by atoms with Crippen LogP contribution in [0.25, 0.3) is 0 Å². The number of fused-ring (bicyclic) bond motifs is 13. The van der Waals surface area contributed by atoms with Gasteiger partial charge in [-0.15, -0.1) is 0 Å². The van der Waals surface area contributed by atoms with Gasteiger partial charge >= 0.3 is 6.09 Å². The highest BCUT2D eigenvalue weighted by Crippen LogP contribution is 2.26. The predicted octanol–water partition coefficient (Wildman–Crippen LogP) is 8.38. The first-order chi connectivity index (χ1) is 18.9. The van der Waals surface area contributed by atoms with Crippen LogP contribution in [-0.2, 0) is 11.3 Å². The van der Waals surface area contributed by atoms with Crippen molar-refractivity contribution in [1.29, 1.82) is 0 Å². The number of benzene rings is 2. The first-order valence-electron chi connectivity index (χ1n) is 14.5. The maximum atomic E-state index is 14.1. The highest BCUT2D eigenvalue weighted by Gasteiger charge is 2.27. The van der Waals surface area contributed by atoms with Crippen molar-refractivity contribution >= 4 is 11.8 Å². The molecule has 5 rings (SSSR count). The maximum absolute atomic E-state index is 14.1. The van der Waals surface area contributed by atoms with Gasteiger partial charge in [-0.2, -0.15) is 0 Å². The monoisotopic (exact) mass is 548 g/mol. The number of hydrogen-bond acceptors (Lipinski definition) is 3. The minimum Gasteiger partial charge on any atom is -0.444 e. The summed E-state index contributed by atoms with van der Waals surface area (Å²) < 4.78 is 61.5. The highest BCUT2D eigenvalue weighted by atomic mass is 19.2. The second-order valence-corrected chi connectivity index (χ2v) is 11.1. The summed E-state index contributed by atoms with van der Waals surface area (Å²) in [6.07, 6.45) is 12.8. The Bertz CT molecular complexity index is 1050. The molecule has 3 aliphatic rings. The highest BCUT2D eigenvalue weighted by molar-refractivity contribution is 5.87. The summed E-state index contributed by atoms with van der Waals surface area (Å²) in [7, 11) is 0. The van der Waals surface area contributed by atoms with Crippen LogP contribution in [0.1, 0.15) is 82.6 Å². The molecule has 0 spiro atoms. The summed E-state index contributed by atoms with van der Waals surface area (Å²) in [6.45, 7) is 2.27. The molecule has 0 saturated carbocycles. The molecule has 0 aliphatic carbocycles. The number of carbonyl (C=O) groups excluding carboxylic acids is 1. The maximum Gasteiger partial charge on any atom is 0.414 e. The quantitative estimate of drug-likeness (QED) is 0.284. The van der Waals surface area contributed by atoms with Gasteiger partial charge in [0.2, 0.25) is 0 Å². The molecule has 3 fully saturated rings. The van der Waals surface area contributed by atoms with Gasteiger partial charge in [-0.05, 0) is 80.6 Å². The molecule has 8 heteroatoms. The molecule has 2 bridgehead atoms. The smallest absolute Gasteiger partial charge is 0.414 e. The van der Waals surface area contributed by atoms with Crippen molar-refractivity contribution in [3.8, 4) is 0 Å². The van der Waals surface area contributed by atoms with Crippen molar-refractivity contribution in [1.82, 2.24) is 4.90 Å². The molecule has 214 valence electrons. The van der Waals surface area contributed by atoms with Crippen molar-refractivity contribution in [3.05, 3.63) is 65.2 Å². The summed E-state index contributed by atoms with van der Waals surface area (Å²) in [6, 6.07) is 7.08. The molecular weight excluding hydrogens is 508 g/mol. The van der Waals surface area contributed by atoms with Crippen LogP contribution in [0.2, 0.25) is 0 Å². The summed E-state index contributed by atoms with van der Waals surface area (Å²) >= 11 is 0. The fraction of sp³-hybridized carbons (Fsp3) is 0.581. The summed E-state index contributed by atoms with van der Waals surface area (Å²) in [5.74, 6) is -4.07. The largest absolute Gasteiger partial charge is 0.444 e. The number of anilines is 1. The van der Waals surface area contributed by atoms with Crippen molar-refractivity contribution in [2.75, 3.05) is 24.5 Å². The fourth-order valence-electron chi connectivity index (χ4n) is 5.79. The molecule has 0 aromatic heterocycles. The third kappa shape index (κ3) is 8.95. The van der Waals surface area contributed by atoms with Crippen molar-refractivity contribution in [3.63, 3.8) is 0 Å². The van der Waals surface area contributed by atoms with E-state index in [4.69, 9.17) is 4.74 Å². The SMILES string of the molecule is O=C(OC1CCCCCCCCCCC2CCN(CC2)C1)N(Cc1cc(F)c(F)c(F)c1)c1cccc(F)c1. The zero-order valence-electron chi connectivity index (χ0n) is 22.7. The van der Waals surface area contributed by atoms with E-state index in [1.807, 2.05) is 0 Å². The number of halogens is 4. The topological polar surface area (TPSA) is 32.8 Å². The van der Waals surface area contributed by atoms with Gasteiger partial charge in [0.15, 0.2) is 17.5 Å². The Balaban J connectivity index is 1.49. The lowest BCUT2D eigenvalue weighted by Gasteiger charge is -2.35. The summed E-state index contributed by atoms with van der Waals surface area (Å²) in [4.78, 5) is 17.0. The van der Waals surface area contributed by atoms with Gasteiger partial charge in [-0.1, -0.05) is 57.4 Å². The van der Waals surface area contributed by atoms with Gasteiger partial charge < -0.3 is 4.74 Å². The van der Waals surface area contributed by atoms with Crippen LogP contribution < -0.4 is 4.90 Å². The van der Waals surface area contributed by atoms with E-state index in [2.05, 4.69) is 4.90 Å². The van der Waals surface area contributed by atoms with Crippen LogP contribution in [0.15, 0.2) is 36.4 Å². The number of amides is 1. The number of ether oxygens (including phenoxy) is 1. The Morgan fingerprint density at radius 2 is 1.44 bits per heavy atom. The normalized spacial score (nSPS) is 23.3. The second-order valence-electron chi connectivity index (χ2n) is 11.1. The van der Waals surface area contributed by atoms with Crippen molar-refractivity contribution in [2.45, 2.75) is 89.7 Å². The molecule has 4 nitrogen and oxygen atoms in total. The lowest BCUT2D eigenvalue weighted by atomic mass is 9.90. The summed E-state index contributed by atoms with van der Waals surface area (Å²) in [5, 5.41) is 0. The van der Waals surface area contributed by atoms with E-state index < -0.39 is 29.4 Å². The van der Waals surface area contributed by atoms with Crippen molar-refractivity contribution < 1.29 is 27.1 Å². The van der Waals surface area contributed by atoms with E-state index in [1.54, 1.807) is 0 Å². The number of piperidine rings is 1.